The zero-order valence-corrected chi connectivity index (χ0v) is 16.3. The molecule has 1 aromatic carbocycles. The molecule has 0 saturated heterocycles. The fourth-order valence-electron chi connectivity index (χ4n) is 2.55. The fourth-order valence-corrected chi connectivity index (χ4v) is 2.55. The van der Waals surface area contributed by atoms with Gasteiger partial charge in [-0.05, 0) is 43.6 Å². The van der Waals surface area contributed by atoms with Gasteiger partial charge < -0.3 is 10.6 Å². The van der Waals surface area contributed by atoms with Crippen LogP contribution >= 0.6 is 0 Å². The van der Waals surface area contributed by atoms with Crippen molar-refractivity contribution in [2.24, 2.45) is 5.41 Å². The highest BCUT2D eigenvalue weighted by Crippen LogP contribution is 2.17. The van der Waals surface area contributed by atoms with Gasteiger partial charge in [0.15, 0.2) is 0 Å². The third kappa shape index (κ3) is 11.4. The Morgan fingerprint density at radius 3 is 2.00 bits per heavy atom. The summed E-state index contributed by atoms with van der Waals surface area (Å²) in [6, 6.07) is 8.47. The van der Waals surface area contributed by atoms with Crippen LogP contribution in [0.1, 0.15) is 64.0 Å². The summed E-state index contributed by atoms with van der Waals surface area (Å²) in [7, 11) is 0. The first-order valence-corrected chi connectivity index (χ1v) is 9.35. The second-order valence-electron chi connectivity index (χ2n) is 7.98. The first-order chi connectivity index (χ1) is 11.8. The van der Waals surface area contributed by atoms with Gasteiger partial charge in [0.1, 0.15) is 0 Å². The molecule has 0 aliphatic carbocycles. The third-order valence-electron chi connectivity index (χ3n) is 3.93. The number of rotatable bonds is 10. The van der Waals surface area contributed by atoms with Gasteiger partial charge in [0, 0.05) is 25.9 Å². The average Bonchev–Trinajstić information content (AvgIpc) is 2.51. The number of carbonyl (C=O) groups is 2. The van der Waals surface area contributed by atoms with E-state index in [1.54, 1.807) is 0 Å². The van der Waals surface area contributed by atoms with Crippen LogP contribution in [0, 0.1) is 12.3 Å². The van der Waals surface area contributed by atoms with Crippen molar-refractivity contribution in [3.05, 3.63) is 35.4 Å². The molecule has 2 amide bonds. The summed E-state index contributed by atoms with van der Waals surface area (Å²) < 4.78 is 0. The SMILES string of the molecule is Cc1ccc(CCCC(=O)NCCCCNC(=O)CC(C)(C)C)cc1. The molecule has 4 nitrogen and oxygen atoms in total. The molecule has 1 rings (SSSR count). The van der Waals surface area contributed by atoms with E-state index in [0.717, 1.165) is 25.7 Å². The van der Waals surface area contributed by atoms with E-state index in [2.05, 4.69) is 62.6 Å². The molecule has 0 saturated carbocycles. The van der Waals surface area contributed by atoms with Gasteiger partial charge in [0.05, 0.1) is 0 Å². The van der Waals surface area contributed by atoms with E-state index < -0.39 is 0 Å². The minimum absolute atomic E-state index is 0.0244. The van der Waals surface area contributed by atoms with Gasteiger partial charge in [-0.25, -0.2) is 0 Å². The zero-order chi connectivity index (χ0) is 18.7. The number of hydrogen-bond acceptors (Lipinski definition) is 2. The quantitative estimate of drug-likeness (QED) is 0.634. The summed E-state index contributed by atoms with van der Waals surface area (Å²) in [5.41, 5.74) is 2.57. The monoisotopic (exact) mass is 346 g/mol. The second kappa shape index (κ2) is 10.9. The first-order valence-electron chi connectivity index (χ1n) is 9.35. The van der Waals surface area contributed by atoms with Crippen molar-refractivity contribution in [2.75, 3.05) is 13.1 Å². The second-order valence-corrected chi connectivity index (χ2v) is 7.98. The van der Waals surface area contributed by atoms with E-state index in [9.17, 15) is 9.59 Å². The van der Waals surface area contributed by atoms with E-state index >= 15 is 0 Å². The van der Waals surface area contributed by atoms with Gasteiger partial charge >= 0.3 is 0 Å². The Bertz CT molecular complexity index is 530. The minimum Gasteiger partial charge on any atom is -0.356 e. The Labute approximate surface area is 152 Å². The minimum atomic E-state index is 0.0244. The van der Waals surface area contributed by atoms with Crippen LogP contribution in [-0.2, 0) is 16.0 Å². The molecule has 4 heteroatoms. The number of aryl methyl sites for hydroxylation is 2. The fraction of sp³-hybridized carbons (Fsp3) is 0.619. The van der Waals surface area contributed by atoms with Crippen LogP contribution in [0.5, 0.6) is 0 Å². The maximum absolute atomic E-state index is 11.8. The summed E-state index contributed by atoms with van der Waals surface area (Å²) in [5.74, 6) is 0.219. The van der Waals surface area contributed by atoms with E-state index in [-0.39, 0.29) is 17.2 Å². The van der Waals surface area contributed by atoms with Crippen molar-refractivity contribution >= 4 is 11.8 Å². The maximum Gasteiger partial charge on any atom is 0.220 e. The van der Waals surface area contributed by atoms with Crippen molar-refractivity contribution in [2.45, 2.75) is 66.2 Å². The molecule has 0 bridgehead atoms. The lowest BCUT2D eigenvalue weighted by atomic mass is 9.92. The molecule has 25 heavy (non-hydrogen) atoms. The molecule has 0 aliphatic rings. The normalized spacial score (nSPS) is 11.2. The van der Waals surface area contributed by atoms with Crippen molar-refractivity contribution in [1.82, 2.24) is 10.6 Å². The molecule has 0 fully saturated rings. The Kier molecular flexibility index (Phi) is 9.25. The van der Waals surface area contributed by atoms with Gasteiger partial charge in [0.25, 0.3) is 0 Å². The molecule has 0 spiro atoms. The Balaban J connectivity index is 2.00. The lowest BCUT2D eigenvalue weighted by Gasteiger charge is -2.17. The first kappa shape index (κ1) is 21.2. The molecular formula is C21H34N2O2. The van der Waals surface area contributed by atoms with Crippen LogP contribution in [0.2, 0.25) is 0 Å². The van der Waals surface area contributed by atoms with Crippen LogP contribution in [0.4, 0.5) is 0 Å². The van der Waals surface area contributed by atoms with Crippen LogP contribution in [0.25, 0.3) is 0 Å². The van der Waals surface area contributed by atoms with E-state index in [0.29, 0.717) is 25.9 Å². The van der Waals surface area contributed by atoms with Gasteiger partial charge in [0.2, 0.25) is 11.8 Å². The molecule has 140 valence electrons. The van der Waals surface area contributed by atoms with E-state index in [1.165, 1.54) is 11.1 Å². The standard InChI is InChI=1S/C21H34N2O2/c1-17-10-12-18(13-11-17)8-7-9-19(24)22-14-5-6-15-23-20(25)16-21(2,3)4/h10-13H,5-9,14-16H2,1-4H3,(H,22,24)(H,23,25). The van der Waals surface area contributed by atoms with Gasteiger partial charge in [-0.2, -0.15) is 0 Å². The predicted molar refractivity (Wildman–Crippen MR) is 103 cm³/mol. The molecule has 0 unspecified atom stereocenters. The van der Waals surface area contributed by atoms with Gasteiger partial charge in [-0.3, -0.25) is 9.59 Å². The van der Waals surface area contributed by atoms with Gasteiger partial charge in [-0.15, -0.1) is 0 Å². The summed E-state index contributed by atoms with van der Waals surface area (Å²) >= 11 is 0. The predicted octanol–water partition coefficient (Wildman–Crippen LogP) is 3.77. The molecule has 0 aromatic heterocycles. The lowest BCUT2D eigenvalue weighted by molar-refractivity contribution is -0.123. The van der Waals surface area contributed by atoms with Crippen molar-refractivity contribution in [3.8, 4) is 0 Å². The molecule has 2 N–H and O–H groups in total. The van der Waals surface area contributed by atoms with Gasteiger partial charge in [-0.1, -0.05) is 50.6 Å². The highest BCUT2D eigenvalue weighted by atomic mass is 16.2. The summed E-state index contributed by atoms with van der Waals surface area (Å²) in [4.78, 5) is 23.5. The average molecular weight is 347 g/mol. The van der Waals surface area contributed by atoms with Crippen molar-refractivity contribution < 1.29 is 9.59 Å². The lowest BCUT2D eigenvalue weighted by Crippen LogP contribution is -2.29. The topological polar surface area (TPSA) is 58.2 Å². The molecule has 0 radical (unpaired) electrons. The van der Waals surface area contributed by atoms with Crippen LogP contribution < -0.4 is 10.6 Å². The summed E-state index contributed by atoms with van der Waals surface area (Å²) in [6.07, 6.45) is 4.70. The molecule has 1 aromatic rings. The van der Waals surface area contributed by atoms with Crippen molar-refractivity contribution in [1.29, 1.82) is 0 Å². The van der Waals surface area contributed by atoms with Crippen LogP contribution in [0.3, 0.4) is 0 Å². The Morgan fingerprint density at radius 1 is 0.880 bits per heavy atom. The van der Waals surface area contributed by atoms with Crippen LogP contribution in [-0.4, -0.2) is 24.9 Å². The van der Waals surface area contributed by atoms with Crippen molar-refractivity contribution in [3.63, 3.8) is 0 Å². The highest BCUT2D eigenvalue weighted by Gasteiger charge is 2.15. The zero-order valence-electron chi connectivity index (χ0n) is 16.3. The maximum atomic E-state index is 11.8. The summed E-state index contributed by atoms with van der Waals surface area (Å²) in [5, 5.41) is 5.88. The molecule has 0 heterocycles. The number of benzene rings is 1. The summed E-state index contributed by atoms with van der Waals surface area (Å²) in [6.45, 7) is 9.60. The smallest absolute Gasteiger partial charge is 0.220 e. The molecular weight excluding hydrogens is 312 g/mol. The Hall–Kier alpha value is -1.84. The van der Waals surface area contributed by atoms with Crippen LogP contribution in [0.15, 0.2) is 24.3 Å². The molecule has 0 atom stereocenters. The number of hydrogen-bond donors (Lipinski definition) is 2. The number of unbranched alkanes of at least 4 members (excludes halogenated alkanes) is 1. The number of nitrogens with one attached hydrogen (secondary N) is 2. The highest BCUT2D eigenvalue weighted by molar-refractivity contribution is 5.76. The van der Waals surface area contributed by atoms with E-state index in [4.69, 9.17) is 0 Å². The van der Waals surface area contributed by atoms with E-state index in [1.807, 2.05) is 0 Å². The number of amides is 2. The molecule has 0 aliphatic heterocycles. The number of carbonyl (C=O) groups excluding carboxylic acids is 2. The Morgan fingerprint density at radius 2 is 1.44 bits per heavy atom. The largest absolute Gasteiger partial charge is 0.356 e. The third-order valence-corrected chi connectivity index (χ3v) is 3.93.